The fourth-order valence-corrected chi connectivity index (χ4v) is 3.30. The second kappa shape index (κ2) is 8.09. The monoisotopic (exact) mass is 339 g/mol. The van der Waals surface area contributed by atoms with Crippen molar-refractivity contribution in [3.05, 3.63) is 58.1 Å². The molecule has 1 nitrogen and oxygen atoms in total. The minimum Gasteiger partial charge on any atom is -0.312 e. The number of rotatable bonds is 6. The molecule has 0 amide bonds. The zero-order valence-corrected chi connectivity index (χ0v) is 14.5. The van der Waals surface area contributed by atoms with Gasteiger partial charge in [-0.2, -0.15) is 0 Å². The Kier molecular flexibility index (Phi) is 6.43. The zero-order valence-electron chi connectivity index (χ0n) is 12.2. The minimum absolute atomic E-state index is 0.636. The molecule has 0 fully saturated rings. The lowest BCUT2D eigenvalue weighted by molar-refractivity contribution is 0.550. The summed E-state index contributed by atoms with van der Waals surface area (Å²) in [4.78, 5) is 2.25. The van der Waals surface area contributed by atoms with Crippen LogP contribution in [0.4, 0.5) is 0 Å². The third-order valence-electron chi connectivity index (χ3n) is 2.95. The Hall–Kier alpha value is -0.670. The molecule has 0 bridgehead atoms. The van der Waals surface area contributed by atoms with Crippen molar-refractivity contribution in [3.8, 4) is 0 Å². The Morgan fingerprint density at radius 2 is 1.76 bits per heavy atom. The van der Waals surface area contributed by atoms with E-state index in [4.69, 9.17) is 23.2 Å². The molecule has 0 saturated carbocycles. The number of halogens is 2. The van der Waals surface area contributed by atoms with Crippen molar-refractivity contribution in [1.82, 2.24) is 5.32 Å². The van der Waals surface area contributed by atoms with Gasteiger partial charge in [0.05, 0.1) is 5.02 Å². The van der Waals surface area contributed by atoms with Crippen LogP contribution in [-0.2, 0) is 6.54 Å². The summed E-state index contributed by atoms with van der Waals surface area (Å²) in [6, 6.07) is 13.9. The number of nitrogens with one attached hydrogen (secondary N) is 1. The average molecular weight is 340 g/mol. The van der Waals surface area contributed by atoms with Gasteiger partial charge in [0.2, 0.25) is 0 Å². The van der Waals surface area contributed by atoms with Crippen molar-refractivity contribution < 1.29 is 0 Å². The van der Waals surface area contributed by atoms with Crippen molar-refractivity contribution in [1.29, 1.82) is 0 Å². The van der Waals surface area contributed by atoms with Crippen molar-refractivity contribution in [2.24, 2.45) is 5.92 Å². The van der Waals surface area contributed by atoms with Gasteiger partial charge in [0.25, 0.3) is 0 Å². The Bertz CT molecular complexity index is 582. The summed E-state index contributed by atoms with van der Waals surface area (Å²) in [5.41, 5.74) is 1.23. The highest BCUT2D eigenvalue weighted by atomic mass is 35.5. The van der Waals surface area contributed by atoms with E-state index in [2.05, 4.69) is 25.2 Å². The average Bonchev–Trinajstić information content (AvgIpc) is 2.44. The molecular weight excluding hydrogens is 321 g/mol. The molecule has 0 aliphatic heterocycles. The fourth-order valence-electron chi connectivity index (χ4n) is 1.92. The number of hydrogen-bond acceptors (Lipinski definition) is 2. The quantitative estimate of drug-likeness (QED) is 0.704. The molecule has 4 heteroatoms. The van der Waals surface area contributed by atoms with Gasteiger partial charge in [0, 0.05) is 21.4 Å². The SMILES string of the molecule is CC(C)CNCc1cccc(Cl)c1Sc1ccc(Cl)cc1. The van der Waals surface area contributed by atoms with Crippen molar-refractivity contribution >= 4 is 35.0 Å². The van der Waals surface area contributed by atoms with E-state index in [0.29, 0.717) is 5.92 Å². The number of hydrogen-bond donors (Lipinski definition) is 1. The van der Waals surface area contributed by atoms with Gasteiger partial charge < -0.3 is 5.32 Å². The lowest BCUT2D eigenvalue weighted by Gasteiger charge is -2.13. The zero-order chi connectivity index (χ0) is 15.2. The highest BCUT2D eigenvalue weighted by molar-refractivity contribution is 7.99. The van der Waals surface area contributed by atoms with Gasteiger partial charge in [0.1, 0.15) is 0 Å². The van der Waals surface area contributed by atoms with Gasteiger partial charge in [-0.1, -0.05) is 60.9 Å². The highest BCUT2D eigenvalue weighted by Crippen LogP contribution is 2.36. The van der Waals surface area contributed by atoms with Crippen LogP contribution in [0.25, 0.3) is 0 Å². The molecule has 0 saturated heterocycles. The van der Waals surface area contributed by atoms with Crippen molar-refractivity contribution in [3.63, 3.8) is 0 Å². The first-order chi connectivity index (χ1) is 10.1. The summed E-state index contributed by atoms with van der Waals surface area (Å²) >= 11 is 14.0. The Morgan fingerprint density at radius 3 is 2.43 bits per heavy atom. The summed E-state index contributed by atoms with van der Waals surface area (Å²) in [6.45, 7) is 6.23. The third-order valence-corrected chi connectivity index (χ3v) is 4.82. The maximum absolute atomic E-state index is 6.38. The fraction of sp³-hybridized carbons (Fsp3) is 0.294. The molecule has 0 radical (unpaired) electrons. The van der Waals surface area contributed by atoms with Crippen molar-refractivity contribution in [2.75, 3.05) is 6.54 Å². The van der Waals surface area contributed by atoms with Crippen LogP contribution < -0.4 is 5.32 Å². The molecule has 0 heterocycles. The van der Waals surface area contributed by atoms with E-state index in [1.807, 2.05) is 36.4 Å². The first-order valence-corrected chi connectivity index (χ1v) is 8.55. The van der Waals surface area contributed by atoms with E-state index in [9.17, 15) is 0 Å². The Morgan fingerprint density at radius 1 is 1.05 bits per heavy atom. The van der Waals surface area contributed by atoms with E-state index < -0.39 is 0 Å². The molecular formula is C17H19Cl2NS. The number of benzene rings is 2. The topological polar surface area (TPSA) is 12.0 Å². The molecule has 0 unspecified atom stereocenters. The van der Waals surface area contributed by atoms with Gasteiger partial charge in [0.15, 0.2) is 0 Å². The summed E-state index contributed by atoms with van der Waals surface area (Å²) in [7, 11) is 0. The molecule has 2 aromatic rings. The van der Waals surface area contributed by atoms with E-state index in [-0.39, 0.29) is 0 Å². The second-order valence-corrected chi connectivity index (χ2v) is 7.24. The Labute approximate surface area is 141 Å². The third kappa shape index (κ3) is 5.23. The lowest BCUT2D eigenvalue weighted by atomic mass is 10.2. The summed E-state index contributed by atoms with van der Waals surface area (Å²) in [5, 5.41) is 5.01. The molecule has 0 atom stereocenters. The van der Waals surface area contributed by atoms with Gasteiger partial charge in [-0.05, 0) is 48.4 Å². The van der Waals surface area contributed by atoms with Gasteiger partial charge >= 0.3 is 0 Å². The van der Waals surface area contributed by atoms with Crippen LogP contribution in [0.3, 0.4) is 0 Å². The molecule has 0 aliphatic carbocycles. The first-order valence-electron chi connectivity index (χ1n) is 6.98. The van der Waals surface area contributed by atoms with Crippen LogP contribution in [0.1, 0.15) is 19.4 Å². The lowest BCUT2D eigenvalue weighted by Crippen LogP contribution is -2.19. The van der Waals surface area contributed by atoms with Crippen LogP contribution >= 0.6 is 35.0 Å². The molecule has 0 spiro atoms. The van der Waals surface area contributed by atoms with Crippen LogP contribution in [-0.4, -0.2) is 6.54 Å². The first kappa shape index (κ1) is 16.7. The summed E-state index contributed by atoms with van der Waals surface area (Å²) < 4.78 is 0. The molecule has 1 N–H and O–H groups in total. The van der Waals surface area contributed by atoms with Crippen LogP contribution in [0.2, 0.25) is 10.0 Å². The van der Waals surface area contributed by atoms with Crippen LogP contribution in [0.5, 0.6) is 0 Å². The smallest absolute Gasteiger partial charge is 0.0548 e. The van der Waals surface area contributed by atoms with Gasteiger partial charge in [-0.3, -0.25) is 0 Å². The normalized spacial score (nSPS) is 11.1. The van der Waals surface area contributed by atoms with Crippen LogP contribution in [0, 0.1) is 5.92 Å². The standard InChI is InChI=1S/C17H19Cl2NS/c1-12(2)10-20-11-13-4-3-5-16(19)17(13)21-15-8-6-14(18)7-9-15/h3-9,12,20H,10-11H2,1-2H3. The predicted octanol–water partition coefficient (Wildman–Crippen LogP) is 5.89. The predicted molar refractivity (Wildman–Crippen MR) is 93.6 cm³/mol. The summed E-state index contributed by atoms with van der Waals surface area (Å²) in [5.74, 6) is 0.636. The molecule has 0 aromatic heterocycles. The Balaban J connectivity index is 2.15. The van der Waals surface area contributed by atoms with Crippen molar-refractivity contribution in [2.45, 2.75) is 30.2 Å². The maximum Gasteiger partial charge on any atom is 0.0548 e. The molecule has 112 valence electrons. The van der Waals surface area contributed by atoms with Gasteiger partial charge in [-0.15, -0.1) is 0 Å². The maximum atomic E-state index is 6.38. The molecule has 21 heavy (non-hydrogen) atoms. The molecule has 0 aliphatic rings. The second-order valence-electron chi connectivity index (χ2n) is 5.31. The van der Waals surface area contributed by atoms with Gasteiger partial charge in [-0.25, -0.2) is 0 Å². The molecule has 2 aromatic carbocycles. The van der Waals surface area contributed by atoms with E-state index in [1.165, 1.54) is 5.56 Å². The molecule has 2 rings (SSSR count). The highest BCUT2D eigenvalue weighted by Gasteiger charge is 2.09. The van der Waals surface area contributed by atoms with E-state index in [0.717, 1.165) is 32.9 Å². The minimum atomic E-state index is 0.636. The van der Waals surface area contributed by atoms with Crippen LogP contribution in [0.15, 0.2) is 52.3 Å². The van der Waals surface area contributed by atoms with E-state index in [1.54, 1.807) is 11.8 Å². The summed E-state index contributed by atoms with van der Waals surface area (Å²) in [6.07, 6.45) is 0. The van der Waals surface area contributed by atoms with E-state index >= 15 is 0 Å². The largest absolute Gasteiger partial charge is 0.312 e.